The molecular weight excluding hydrogens is 276 g/mol. The summed E-state index contributed by atoms with van der Waals surface area (Å²) in [5, 5.41) is 3.81. The lowest BCUT2D eigenvalue weighted by atomic mass is 9.85. The van der Waals surface area contributed by atoms with Crippen molar-refractivity contribution in [3.05, 3.63) is 21.9 Å². The summed E-state index contributed by atoms with van der Waals surface area (Å²) in [5.74, 6) is 0.703. The predicted molar refractivity (Wildman–Crippen MR) is 94.0 cm³/mol. The van der Waals surface area contributed by atoms with E-state index in [1.165, 1.54) is 29.1 Å². The van der Waals surface area contributed by atoms with Crippen LogP contribution in [0.4, 0.5) is 0 Å². The molecule has 2 heterocycles. The molecule has 1 aliphatic rings. The fourth-order valence-electron chi connectivity index (χ4n) is 3.44. The summed E-state index contributed by atoms with van der Waals surface area (Å²) in [4.78, 5) is 5.81. The van der Waals surface area contributed by atoms with Gasteiger partial charge in [-0.25, -0.2) is 0 Å². The normalized spacial score (nSPS) is 22.9. The second-order valence-corrected chi connectivity index (χ2v) is 8.02. The molecule has 1 fully saturated rings. The Kier molecular flexibility index (Phi) is 5.87. The number of piperazine rings is 1. The molecule has 3 heteroatoms. The van der Waals surface area contributed by atoms with E-state index in [9.17, 15) is 0 Å². The van der Waals surface area contributed by atoms with Crippen LogP contribution in [0.15, 0.2) is 12.1 Å². The molecule has 1 N–H and O–H groups in total. The lowest BCUT2D eigenvalue weighted by molar-refractivity contribution is 0.0164. The van der Waals surface area contributed by atoms with Crippen LogP contribution in [-0.2, 0) is 13.0 Å². The highest BCUT2D eigenvalue weighted by atomic mass is 32.1. The predicted octanol–water partition coefficient (Wildman–Crippen LogP) is 4.30. The van der Waals surface area contributed by atoms with Gasteiger partial charge in [-0.05, 0) is 37.3 Å². The molecule has 1 aromatic heterocycles. The van der Waals surface area contributed by atoms with Gasteiger partial charge in [0, 0.05) is 41.0 Å². The van der Waals surface area contributed by atoms with Crippen LogP contribution in [0.25, 0.3) is 0 Å². The average molecular weight is 309 g/mol. The molecule has 2 rings (SSSR count). The molecular formula is C18H32N2S. The van der Waals surface area contributed by atoms with Crippen molar-refractivity contribution in [1.29, 1.82) is 0 Å². The van der Waals surface area contributed by atoms with E-state index in [0.29, 0.717) is 17.5 Å². The fraction of sp³-hybridized carbons (Fsp3) is 0.778. The Hall–Kier alpha value is -0.380. The first-order valence-corrected chi connectivity index (χ1v) is 9.42. The van der Waals surface area contributed by atoms with Crippen molar-refractivity contribution in [2.24, 2.45) is 5.92 Å². The maximum atomic E-state index is 3.81. The summed E-state index contributed by atoms with van der Waals surface area (Å²) in [7, 11) is 0. The number of thiophene rings is 1. The van der Waals surface area contributed by atoms with Gasteiger partial charge in [0.15, 0.2) is 0 Å². The molecule has 0 spiro atoms. The molecule has 0 saturated carbocycles. The minimum atomic E-state index is 0.335. The fourth-order valence-corrected chi connectivity index (χ4v) is 4.41. The number of nitrogens with one attached hydrogen (secondary N) is 1. The van der Waals surface area contributed by atoms with E-state index in [-0.39, 0.29) is 0 Å². The van der Waals surface area contributed by atoms with E-state index in [0.717, 1.165) is 19.5 Å². The third-order valence-corrected chi connectivity index (χ3v) is 6.53. The summed E-state index contributed by atoms with van der Waals surface area (Å²) < 4.78 is 0. The molecule has 1 saturated heterocycles. The van der Waals surface area contributed by atoms with Crippen LogP contribution < -0.4 is 5.32 Å². The van der Waals surface area contributed by atoms with Gasteiger partial charge in [-0.1, -0.05) is 34.6 Å². The van der Waals surface area contributed by atoms with Crippen LogP contribution in [0, 0.1) is 5.92 Å². The quantitative estimate of drug-likeness (QED) is 0.843. The van der Waals surface area contributed by atoms with Crippen LogP contribution in [-0.4, -0.2) is 29.6 Å². The molecule has 120 valence electrons. The van der Waals surface area contributed by atoms with Gasteiger partial charge in [-0.15, -0.1) is 11.3 Å². The maximum absolute atomic E-state index is 3.81. The molecule has 2 nitrogen and oxygen atoms in total. The first-order valence-electron chi connectivity index (χ1n) is 8.60. The largest absolute Gasteiger partial charge is 0.311 e. The molecule has 1 aromatic rings. The molecule has 0 aromatic carbocycles. The van der Waals surface area contributed by atoms with Crippen molar-refractivity contribution in [2.45, 2.75) is 72.0 Å². The molecule has 0 radical (unpaired) electrons. The van der Waals surface area contributed by atoms with Crippen molar-refractivity contribution in [1.82, 2.24) is 10.2 Å². The minimum Gasteiger partial charge on any atom is -0.311 e. The summed E-state index contributed by atoms with van der Waals surface area (Å²) in [5.41, 5.74) is 0.335. The second kappa shape index (κ2) is 7.26. The Labute approximate surface area is 134 Å². The number of hydrogen-bond donors (Lipinski definition) is 1. The first kappa shape index (κ1) is 17.0. The third kappa shape index (κ3) is 3.69. The summed E-state index contributed by atoms with van der Waals surface area (Å²) in [6, 6.07) is 5.27. The van der Waals surface area contributed by atoms with Gasteiger partial charge in [-0.3, -0.25) is 4.90 Å². The van der Waals surface area contributed by atoms with E-state index >= 15 is 0 Å². The molecule has 0 bridgehead atoms. The highest BCUT2D eigenvalue weighted by molar-refractivity contribution is 7.11. The third-order valence-electron chi connectivity index (χ3n) is 5.31. The van der Waals surface area contributed by atoms with Crippen molar-refractivity contribution < 1.29 is 0 Å². The first-order chi connectivity index (χ1) is 10.0. The van der Waals surface area contributed by atoms with Gasteiger partial charge < -0.3 is 5.32 Å². The van der Waals surface area contributed by atoms with Crippen molar-refractivity contribution >= 4 is 11.3 Å². The van der Waals surface area contributed by atoms with E-state index < -0.39 is 0 Å². The SMILES string of the molecule is CCc1ccc(CN2CC(C(C)C)NCC2(CC)CC)s1. The highest BCUT2D eigenvalue weighted by Crippen LogP contribution is 2.31. The van der Waals surface area contributed by atoms with Gasteiger partial charge >= 0.3 is 0 Å². The topological polar surface area (TPSA) is 15.3 Å². The lowest BCUT2D eigenvalue weighted by Gasteiger charge is -2.50. The molecule has 21 heavy (non-hydrogen) atoms. The van der Waals surface area contributed by atoms with Gasteiger partial charge in [0.1, 0.15) is 0 Å². The van der Waals surface area contributed by atoms with Crippen molar-refractivity contribution in [3.63, 3.8) is 0 Å². The maximum Gasteiger partial charge on any atom is 0.0334 e. The highest BCUT2D eigenvalue weighted by Gasteiger charge is 2.39. The Bertz CT molecular complexity index is 434. The molecule has 1 aliphatic heterocycles. The number of hydrogen-bond acceptors (Lipinski definition) is 3. The van der Waals surface area contributed by atoms with Crippen LogP contribution in [0.3, 0.4) is 0 Å². The average Bonchev–Trinajstić information content (AvgIpc) is 2.95. The Morgan fingerprint density at radius 1 is 1.24 bits per heavy atom. The van der Waals surface area contributed by atoms with E-state index in [1.807, 2.05) is 11.3 Å². The Morgan fingerprint density at radius 2 is 1.90 bits per heavy atom. The zero-order valence-corrected chi connectivity index (χ0v) is 15.2. The zero-order valence-electron chi connectivity index (χ0n) is 14.4. The second-order valence-electron chi connectivity index (χ2n) is 6.76. The number of nitrogens with zero attached hydrogens (tertiary/aromatic N) is 1. The summed E-state index contributed by atoms with van der Waals surface area (Å²) >= 11 is 2.00. The molecule has 1 unspecified atom stereocenters. The Morgan fingerprint density at radius 3 is 2.43 bits per heavy atom. The van der Waals surface area contributed by atoms with Gasteiger partial charge in [-0.2, -0.15) is 0 Å². The zero-order chi connectivity index (χ0) is 15.5. The van der Waals surface area contributed by atoms with E-state index in [4.69, 9.17) is 0 Å². The monoisotopic (exact) mass is 308 g/mol. The van der Waals surface area contributed by atoms with Gasteiger partial charge in [0.25, 0.3) is 0 Å². The Balaban J connectivity index is 2.16. The summed E-state index contributed by atoms with van der Waals surface area (Å²) in [6.45, 7) is 15.0. The smallest absolute Gasteiger partial charge is 0.0334 e. The summed E-state index contributed by atoms with van der Waals surface area (Å²) in [6.07, 6.45) is 3.62. The van der Waals surface area contributed by atoms with Crippen LogP contribution >= 0.6 is 11.3 Å². The van der Waals surface area contributed by atoms with Crippen molar-refractivity contribution in [2.75, 3.05) is 13.1 Å². The van der Waals surface area contributed by atoms with Crippen molar-refractivity contribution in [3.8, 4) is 0 Å². The minimum absolute atomic E-state index is 0.335. The lowest BCUT2D eigenvalue weighted by Crippen LogP contribution is -2.64. The van der Waals surface area contributed by atoms with E-state index in [2.05, 4.69) is 57.0 Å². The van der Waals surface area contributed by atoms with E-state index in [1.54, 1.807) is 0 Å². The van der Waals surface area contributed by atoms with Crippen LogP contribution in [0.1, 0.15) is 57.2 Å². The van der Waals surface area contributed by atoms with Crippen LogP contribution in [0.5, 0.6) is 0 Å². The van der Waals surface area contributed by atoms with Crippen LogP contribution in [0.2, 0.25) is 0 Å². The van der Waals surface area contributed by atoms with Gasteiger partial charge in [0.2, 0.25) is 0 Å². The standard InChI is InChI=1S/C18H32N2S/c1-6-15-9-10-16(21-15)11-20-12-17(14(4)5)19-13-18(20,7-2)8-3/h9-10,14,17,19H,6-8,11-13H2,1-5H3. The molecule has 1 atom stereocenters. The number of rotatable bonds is 6. The molecule has 0 amide bonds. The number of aryl methyl sites for hydroxylation is 1. The molecule has 0 aliphatic carbocycles. The van der Waals surface area contributed by atoms with Gasteiger partial charge in [0.05, 0.1) is 0 Å².